The fourth-order valence-corrected chi connectivity index (χ4v) is 2.81. The van der Waals surface area contributed by atoms with Crippen LogP contribution >= 0.6 is 0 Å². The fourth-order valence-electron chi connectivity index (χ4n) is 2.81. The highest BCUT2D eigenvalue weighted by atomic mass is 16.6. The highest BCUT2D eigenvalue weighted by Gasteiger charge is 2.20. The van der Waals surface area contributed by atoms with Gasteiger partial charge in [-0.05, 0) is 44.0 Å². The van der Waals surface area contributed by atoms with E-state index in [1.54, 1.807) is 14.2 Å². The molecule has 1 atom stereocenters. The van der Waals surface area contributed by atoms with Gasteiger partial charge in [0.05, 0.1) is 26.8 Å². The molecule has 2 aromatic rings. The van der Waals surface area contributed by atoms with Crippen LogP contribution in [0.3, 0.4) is 0 Å². The maximum atomic E-state index is 12.3. The van der Waals surface area contributed by atoms with Crippen LogP contribution in [0.1, 0.15) is 37.9 Å². The molecule has 0 radical (unpaired) electrons. The lowest BCUT2D eigenvalue weighted by Crippen LogP contribution is -2.42. The van der Waals surface area contributed by atoms with Crippen LogP contribution in [-0.2, 0) is 11.3 Å². The molecule has 0 heterocycles. The van der Waals surface area contributed by atoms with Crippen molar-refractivity contribution in [1.82, 2.24) is 10.6 Å². The van der Waals surface area contributed by atoms with E-state index >= 15 is 0 Å². The van der Waals surface area contributed by atoms with Crippen LogP contribution in [0.4, 0.5) is 4.79 Å². The standard InChI is InChI=1S/C23H32N4O4/c1-23(2,3)31-22(28)27-18(17-9-7-6-8-10-17)15-26-21(24)25-14-16-11-12-19(29-4)20(13-16)30-5/h6-13,18H,14-15H2,1-5H3,(H,27,28)(H3,24,25,26). The SMILES string of the molecule is COc1ccc(CN=C(N)NCC(NC(=O)OC(C)(C)C)c2ccccc2)cc1OC. The quantitative estimate of drug-likeness (QED) is 0.440. The van der Waals surface area contributed by atoms with Crippen molar-refractivity contribution < 1.29 is 19.0 Å². The molecule has 0 saturated carbocycles. The van der Waals surface area contributed by atoms with E-state index in [1.807, 2.05) is 69.3 Å². The molecule has 1 unspecified atom stereocenters. The zero-order valence-corrected chi connectivity index (χ0v) is 18.8. The molecule has 0 saturated heterocycles. The van der Waals surface area contributed by atoms with E-state index < -0.39 is 11.7 Å². The number of carbonyl (C=O) groups is 1. The van der Waals surface area contributed by atoms with Gasteiger partial charge in [0.15, 0.2) is 17.5 Å². The Morgan fingerprint density at radius 1 is 1.06 bits per heavy atom. The molecule has 168 valence electrons. The van der Waals surface area contributed by atoms with Crippen LogP contribution in [0.25, 0.3) is 0 Å². The number of guanidine groups is 1. The predicted molar refractivity (Wildman–Crippen MR) is 121 cm³/mol. The number of carbonyl (C=O) groups excluding carboxylic acids is 1. The Hall–Kier alpha value is -3.42. The third-order valence-corrected chi connectivity index (χ3v) is 4.26. The van der Waals surface area contributed by atoms with Gasteiger partial charge in [0.1, 0.15) is 5.60 Å². The van der Waals surface area contributed by atoms with Gasteiger partial charge in [-0.1, -0.05) is 36.4 Å². The summed E-state index contributed by atoms with van der Waals surface area (Å²) in [5.74, 6) is 1.55. The number of alkyl carbamates (subject to hydrolysis) is 1. The first-order chi connectivity index (χ1) is 14.7. The molecule has 8 heteroatoms. The van der Waals surface area contributed by atoms with Crippen LogP contribution in [0.2, 0.25) is 0 Å². The summed E-state index contributed by atoms with van der Waals surface area (Å²) in [4.78, 5) is 16.6. The number of hydrogen-bond donors (Lipinski definition) is 3. The highest BCUT2D eigenvalue weighted by molar-refractivity contribution is 5.78. The summed E-state index contributed by atoms with van der Waals surface area (Å²) in [5.41, 5.74) is 7.31. The van der Waals surface area contributed by atoms with Gasteiger partial charge in [0.25, 0.3) is 0 Å². The zero-order valence-electron chi connectivity index (χ0n) is 18.8. The molecular formula is C23H32N4O4. The Kier molecular flexibility index (Phi) is 8.54. The summed E-state index contributed by atoms with van der Waals surface area (Å²) in [6, 6.07) is 14.8. The van der Waals surface area contributed by atoms with Crippen LogP contribution in [0, 0.1) is 0 Å². The van der Waals surface area contributed by atoms with Gasteiger partial charge in [-0.3, -0.25) is 0 Å². The summed E-state index contributed by atoms with van der Waals surface area (Å²) in [6.07, 6.45) is -0.496. The molecule has 1 amide bonds. The van der Waals surface area contributed by atoms with E-state index in [9.17, 15) is 4.79 Å². The predicted octanol–water partition coefficient (Wildman–Crippen LogP) is 3.37. The van der Waals surface area contributed by atoms with Crippen LogP contribution in [0.5, 0.6) is 11.5 Å². The second kappa shape index (κ2) is 11.1. The van der Waals surface area contributed by atoms with Gasteiger partial charge in [0, 0.05) is 6.54 Å². The number of benzene rings is 2. The largest absolute Gasteiger partial charge is 0.493 e. The molecule has 8 nitrogen and oxygen atoms in total. The zero-order chi connectivity index (χ0) is 22.9. The van der Waals surface area contributed by atoms with Crippen LogP contribution in [0.15, 0.2) is 53.5 Å². The highest BCUT2D eigenvalue weighted by Crippen LogP contribution is 2.27. The fraction of sp³-hybridized carbons (Fsp3) is 0.391. The van der Waals surface area contributed by atoms with Crippen molar-refractivity contribution in [3.63, 3.8) is 0 Å². The number of rotatable bonds is 8. The average molecular weight is 429 g/mol. The second-order valence-electron chi connectivity index (χ2n) is 7.88. The number of amides is 1. The molecular weight excluding hydrogens is 396 g/mol. The van der Waals surface area contributed by atoms with E-state index in [1.165, 1.54) is 0 Å². The molecule has 0 aromatic heterocycles. The number of methoxy groups -OCH3 is 2. The molecule has 0 aliphatic rings. The van der Waals surface area contributed by atoms with Crippen molar-refractivity contribution in [3.05, 3.63) is 59.7 Å². The summed E-state index contributed by atoms with van der Waals surface area (Å²) in [7, 11) is 3.17. The summed E-state index contributed by atoms with van der Waals surface area (Å²) in [6.45, 7) is 6.18. The van der Waals surface area contributed by atoms with E-state index in [0.717, 1.165) is 11.1 Å². The molecule has 0 aliphatic carbocycles. The first-order valence-corrected chi connectivity index (χ1v) is 10.0. The van der Waals surface area contributed by atoms with Gasteiger partial charge in [-0.15, -0.1) is 0 Å². The summed E-state index contributed by atoms with van der Waals surface area (Å²) in [5, 5.41) is 5.95. The third kappa shape index (κ3) is 8.08. The first-order valence-electron chi connectivity index (χ1n) is 10.0. The Bertz CT molecular complexity index is 879. The smallest absolute Gasteiger partial charge is 0.408 e. The van der Waals surface area contributed by atoms with Crippen LogP contribution < -0.4 is 25.8 Å². The van der Waals surface area contributed by atoms with E-state index in [4.69, 9.17) is 19.9 Å². The van der Waals surface area contributed by atoms with Crippen molar-refractivity contribution >= 4 is 12.1 Å². The molecule has 31 heavy (non-hydrogen) atoms. The minimum atomic E-state index is -0.585. The normalized spacial score (nSPS) is 12.6. The van der Waals surface area contributed by atoms with E-state index in [-0.39, 0.29) is 12.0 Å². The van der Waals surface area contributed by atoms with Crippen LogP contribution in [-0.4, -0.2) is 38.4 Å². The molecule has 0 aliphatic heterocycles. The maximum absolute atomic E-state index is 12.3. The van der Waals surface area contributed by atoms with Gasteiger partial charge in [-0.2, -0.15) is 0 Å². The molecule has 2 aromatic carbocycles. The lowest BCUT2D eigenvalue weighted by atomic mass is 10.1. The van der Waals surface area contributed by atoms with Crippen molar-refractivity contribution in [3.8, 4) is 11.5 Å². The summed E-state index contributed by atoms with van der Waals surface area (Å²) < 4.78 is 15.9. The Morgan fingerprint density at radius 3 is 2.35 bits per heavy atom. The molecule has 0 spiro atoms. The first kappa shape index (κ1) is 23.9. The number of nitrogens with zero attached hydrogens (tertiary/aromatic N) is 1. The van der Waals surface area contributed by atoms with Gasteiger partial charge in [0.2, 0.25) is 0 Å². The monoisotopic (exact) mass is 428 g/mol. The second-order valence-corrected chi connectivity index (χ2v) is 7.88. The third-order valence-electron chi connectivity index (χ3n) is 4.26. The number of nitrogens with one attached hydrogen (secondary N) is 2. The van der Waals surface area contributed by atoms with E-state index in [2.05, 4.69) is 15.6 Å². The van der Waals surface area contributed by atoms with Crippen molar-refractivity contribution in [2.75, 3.05) is 20.8 Å². The number of aliphatic imine (C=N–C) groups is 1. The lowest BCUT2D eigenvalue weighted by molar-refractivity contribution is 0.0504. The molecule has 0 fully saturated rings. The maximum Gasteiger partial charge on any atom is 0.408 e. The van der Waals surface area contributed by atoms with Gasteiger partial charge < -0.3 is 30.6 Å². The van der Waals surface area contributed by atoms with E-state index in [0.29, 0.717) is 24.6 Å². The lowest BCUT2D eigenvalue weighted by Gasteiger charge is -2.24. The Labute approximate surface area is 183 Å². The number of ether oxygens (including phenoxy) is 3. The summed E-state index contributed by atoms with van der Waals surface area (Å²) >= 11 is 0. The topological polar surface area (TPSA) is 107 Å². The molecule has 2 rings (SSSR count). The average Bonchev–Trinajstić information content (AvgIpc) is 2.74. The van der Waals surface area contributed by atoms with Gasteiger partial charge >= 0.3 is 6.09 Å². The van der Waals surface area contributed by atoms with Crippen molar-refractivity contribution in [1.29, 1.82) is 0 Å². The Morgan fingerprint density at radius 2 is 1.74 bits per heavy atom. The number of hydrogen-bond acceptors (Lipinski definition) is 5. The van der Waals surface area contributed by atoms with Crippen molar-refractivity contribution in [2.45, 2.75) is 39.0 Å². The van der Waals surface area contributed by atoms with Gasteiger partial charge in [-0.25, -0.2) is 9.79 Å². The minimum Gasteiger partial charge on any atom is -0.493 e. The van der Waals surface area contributed by atoms with Crippen molar-refractivity contribution in [2.24, 2.45) is 10.7 Å². The number of nitrogens with two attached hydrogens (primary N) is 1. The minimum absolute atomic E-state index is 0.265. The molecule has 0 bridgehead atoms. The molecule has 4 N–H and O–H groups in total. The Balaban J connectivity index is 2.02.